The van der Waals surface area contributed by atoms with Crippen LogP contribution in [0, 0.1) is 6.92 Å². The molecule has 4 heteroatoms. The molecule has 0 saturated heterocycles. The largest absolute Gasteiger partial charge is 0.399 e. The Labute approximate surface area is 92.8 Å². The Morgan fingerprint density at radius 3 is 2.80 bits per heavy atom. The van der Waals surface area contributed by atoms with Crippen LogP contribution in [0.5, 0.6) is 0 Å². The number of hydrogen-bond acceptors (Lipinski definition) is 4. The number of anilines is 2. The fourth-order valence-corrected chi connectivity index (χ4v) is 2.18. The molecule has 1 aromatic carbocycles. The van der Waals surface area contributed by atoms with Crippen molar-refractivity contribution in [3.05, 3.63) is 40.4 Å². The van der Waals surface area contributed by atoms with E-state index in [2.05, 4.69) is 11.9 Å². The minimum Gasteiger partial charge on any atom is -0.399 e. The van der Waals surface area contributed by atoms with Crippen molar-refractivity contribution in [2.45, 2.75) is 13.3 Å². The van der Waals surface area contributed by atoms with Crippen molar-refractivity contribution in [2.24, 2.45) is 0 Å². The normalized spacial score (nSPS) is 10.5. The minimum atomic E-state index is 0.617. The van der Waals surface area contributed by atoms with Crippen molar-refractivity contribution in [1.82, 2.24) is 4.98 Å². The molecule has 4 N–H and O–H groups in total. The lowest BCUT2D eigenvalue weighted by Gasteiger charge is -2.04. The fraction of sp³-hybridized carbons (Fsp3) is 0.182. The maximum atomic E-state index is 5.75. The van der Waals surface area contributed by atoms with E-state index < -0.39 is 0 Å². The molecule has 2 rings (SSSR count). The van der Waals surface area contributed by atoms with Gasteiger partial charge in [-0.05, 0) is 30.2 Å². The van der Waals surface area contributed by atoms with Gasteiger partial charge in [0.2, 0.25) is 0 Å². The molecule has 0 unspecified atom stereocenters. The molecular formula is C11H13N3S. The van der Waals surface area contributed by atoms with Gasteiger partial charge >= 0.3 is 0 Å². The lowest BCUT2D eigenvalue weighted by atomic mass is 10.0. The lowest BCUT2D eigenvalue weighted by molar-refractivity contribution is 1.18. The summed E-state index contributed by atoms with van der Waals surface area (Å²) in [7, 11) is 0. The number of nitrogens with zero attached hydrogens (tertiary/aromatic N) is 1. The van der Waals surface area contributed by atoms with Gasteiger partial charge in [-0.15, -0.1) is 11.3 Å². The third-order valence-electron chi connectivity index (χ3n) is 2.31. The van der Waals surface area contributed by atoms with Crippen molar-refractivity contribution in [3.63, 3.8) is 0 Å². The van der Waals surface area contributed by atoms with E-state index in [0.29, 0.717) is 5.13 Å². The average molecular weight is 219 g/mol. The molecule has 0 aliphatic rings. The first kappa shape index (κ1) is 9.98. The number of aromatic nitrogens is 1. The van der Waals surface area contributed by atoms with Crippen molar-refractivity contribution in [3.8, 4) is 0 Å². The molecule has 0 bridgehead atoms. The monoisotopic (exact) mass is 219 g/mol. The van der Waals surface area contributed by atoms with Gasteiger partial charge in [-0.1, -0.05) is 6.07 Å². The van der Waals surface area contributed by atoms with Crippen LogP contribution < -0.4 is 11.5 Å². The summed E-state index contributed by atoms with van der Waals surface area (Å²) in [6, 6.07) is 5.96. The lowest BCUT2D eigenvalue weighted by Crippen LogP contribution is -1.93. The highest BCUT2D eigenvalue weighted by Gasteiger charge is 2.03. The smallest absolute Gasteiger partial charge is 0.180 e. The van der Waals surface area contributed by atoms with E-state index in [0.717, 1.165) is 12.1 Å². The molecular weight excluding hydrogens is 206 g/mol. The third-order valence-corrected chi connectivity index (χ3v) is 3.14. The standard InChI is InChI=1S/C11H13N3S/c1-7-2-3-9(12)4-8(7)5-10-6-14-11(13)15-10/h2-4,6H,5,12H2,1H3,(H2,13,14). The maximum Gasteiger partial charge on any atom is 0.180 e. The Kier molecular flexibility index (Phi) is 2.60. The molecule has 15 heavy (non-hydrogen) atoms. The molecule has 0 aliphatic carbocycles. The van der Waals surface area contributed by atoms with Crippen molar-refractivity contribution >= 4 is 22.2 Å². The first-order chi connectivity index (χ1) is 7.15. The summed E-state index contributed by atoms with van der Waals surface area (Å²) < 4.78 is 0. The molecule has 2 aromatic rings. The molecule has 0 spiro atoms. The molecule has 0 aliphatic heterocycles. The first-order valence-electron chi connectivity index (χ1n) is 4.70. The Hall–Kier alpha value is -1.55. The van der Waals surface area contributed by atoms with E-state index in [4.69, 9.17) is 11.5 Å². The Morgan fingerprint density at radius 1 is 1.33 bits per heavy atom. The van der Waals surface area contributed by atoms with Crippen molar-refractivity contribution in [2.75, 3.05) is 11.5 Å². The number of hydrogen-bond donors (Lipinski definition) is 2. The van der Waals surface area contributed by atoms with E-state index in [1.165, 1.54) is 27.3 Å². The van der Waals surface area contributed by atoms with Crippen molar-refractivity contribution < 1.29 is 0 Å². The van der Waals surface area contributed by atoms with Gasteiger partial charge in [0.05, 0.1) is 0 Å². The third kappa shape index (κ3) is 2.27. The second-order valence-electron chi connectivity index (χ2n) is 3.53. The van der Waals surface area contributed by atoms with E-state index in [1.54, 1.807) is 0 Å². The molecule has 1 aromatic heterocycles. The number of aryl methyl sites for hydroxylation is 1. The summed E-state index contributed by atoms with van der Waals surface area (Å²) in [5.41, 5.74) is 14.6. The average Bonchev–Trinajstić information content (AvgIpc) is 2.58. The molecule has 0 amide bonds. The first-order valence-corrected chi connectivity index (χ1v) is 5.52. The Balaban J connectivity index is 2.27. The minimum absolute atomic E-state index is 0.617. The highest BCUT2D eigenvalue weighted by atomic mass is 32.1. The topological polar surface area (TPSA) is 64.9 Å². The van der Waals surface area contributed by atoms with E-state index in [1.807, 2.05) is 24.4 Å². The predicted octanol–water partition coefficient (Wildman–Crippen LogP) is 2.21. The highest BCUT2D eigenvalue weighted by Crippen LogP contribution is 2.21. The number of nitrogen functional groups attached to an aromatic ring is 2. The maximum absolute atomic E-state index is 5.75. The highest BCUT2D eigenvalue weighted by molar-refractivity contribution is 7.15. The summed E-state index contributed by atoms with van der Waals surface area (Å²) in [5, 5.41) is 0.617. The van der Waals surface area contributed by atoms with Gasteiger partial charge < -0.3 is 11.5 Å². The molecule has 0 atom stereocenters. The fourth-order valence-electron chi connectivity index (χ4n) is 1.47. The zero-order chi connectivity index (χ0) is 10.8. The number of thiazole rings is 1. The second-order valence-corrected chi connectivity index (χ2v) is 4.67. The predicted molar refractivity (Wildman–Crippen MR) is 64.9 cm³/mol. The van der Waals surface area contributed by atoms with Gasteiger partial charge in [0.15, 0.2) is 5.13 Å². The van der Waals surface area contributed by atoms with Crippen LogP contribution in [0.15, 0.2) is 24.4 Å². The van der Waals surface area contributed by atoms with Crippen LogP contribution in [-0.2, 0) is 6.42 Å². The second kappa shape index (κ2) is 3.90. The van der Waals surface area contributed by atoms with Crippen LogP contribution >= 0.6 is 11.3 Å². The van der Waals surface area contributed by atoms with Gasteiger partial charge in [-0.2, -0.15) is 0 Å². The summed E-state index contributed by atoms with van der Waals surface area (Å²) in [4.78, 5) is 5.20. The Morgan fingerprint density at radius 2 is 2.13 bits per heavy atom. The summed E-state index contributed by atoms with van der Waals surface area (Å²) in [5.74, 6) is 0. The summed E-state index contributed by atoms with van der Waals surface area (Å²) in [6.45, 7) is 2.08. The van der Waals surface area contributed by atoms with Gasteiger partial charge in [0, 0.05) is 23.2 Å². The van der Waals surface area contributed by atoms with Gasteiger partial charge in [-0.3, -0.25) is 0 Å². The number of rotatable bonds is 2. The van der Waals surface area contributed by atoms with Crippen LogP contribution in [-0.4, -0.2) is 4.98 Å². The van der Waals surface area contributed by atoms with Gasteiger partial charge in [0.1, 0.15) is 0 Å². The molecule has 0 saturated carbocycles. The van der Waals surface area contributed by atoms with Crippen LogP contribution in [0.4, 0.5) is 10.8 Å². The van der Waals surface area contributed by atoms with E-state index in [9.17, 15) is 0 Å². The quantitative estimate of drug-likeness (QED) is 0.761. The molecule has 0 fully saturated rings. The van der Waals surface area contributed by atoms with Gasteiger partial charge in [-0.25, -0.2) is 4.98 Å². The zero-order valence-electron chi connectivity index (χ0n) is 8.53. The van der Waals surface area contributed by atoms with E-state index in [-0.39, 0.29) is 0 Å². The Bertz CT molecular complexity index is 476. The van der Waals surface area contributed by atoms with Crippen LogP contribution in [0.2, 0.25) is 0 Å². The summed E-state index contributed by atoms with van der Waals surface area (Å²) in [6.07, 6.45) is 2.67. The molecule has 78 valence electrons. The number of benzene rings is 1. The van der Waals surface area contributed by atoms with Crippen LogP contribution in [0.25, 0.3) is 0 Å². The summed E-state index contributed by atoms with van der Waals surface area (Å²) >= 11 is 1.52. The molecule has 3 nitrogen and oxygen atoms in total. The molecule has 1 heterocycles. The zero-order valence-corrected chi connectivity index (χ0v) is 9.34. The number of nitrogens with two attached hydrogens (primary N) is 2. The van der Waals surface area contributed by atoms with Crippen LogP contribution in [0.3, 0.4) is 0 Å². The SMILES string of the molecule is Cc1ccc(N)cc1Cc1cnc(N)s1. The van der Waals surface area contributed by atoms with Crippen molar-refractivity contribution in [1.29, 1.82) is 0 Å². The van der Waals surface area contributed by atoms with Crippen LogP contribution in [0.1, 0.15) is 16.0 Å². The van der Waals surface area contributed by atoms with E-state index >= 15 is 0 Å². The molecule has 0 radical (unpaired) electrons. The van der Waals surface area contributed by atoms with Gasteiger partial charge in [0.25, 0.3) is 0 Å².